The van der Waals surface area contributed by atoms with Gasteiger partial charge >= 0.3 is 6.03 Å². The molecule has 1 fully saturated rings. The van der Waals surface area contributed by atoms with Gasteiger partial charge in [-0.15, -0.1) is 6.58 Å². The highest BCUT2D eigenvalue weighted by Crippen LogP contribution is 2.35. The maximum atomic E-state index is 13.2. The monoisotopic (exact) mass is 516 g/mol. The second-order valence-corrected chi connectivity index (χ2v) is 8.85. The van der Waals surface area contributed by atoms with Gasteiger partial charge in [0.1, 0.15) is 12.2 Å². The van der Waals surface area contributed by atoms with Crippen LogP contribution in [0.25, 0.3) is 6.08 Å². The molecular formula is C29H25ClN2O5. The fraction of sp³-hybridized carbons (Fsp3) is 0.138. The standard InChI is InChI=1S/C29H25ClN2O5/c1-4-6-21-14-20(16-25(36-3)26(21)37-17-19-8-5-7-18(2)13-19)15-24-27(33)31-29(35)32(28(24)34)23-11-9-22(30)10-12-23/h4-5,7-16H,1,6,17H2,2-3H3,(H,31,33,35)/b24-15+. The second-order valence-electron chi connectivity index (χ2n) is 8.42. The highest BCUT2D eigenvalue weighted by Gasteiger charge is 2.36. The highest BCUT2D eigenvalue weighted by molar-refractivity contribution is 6.39. The van der Waals surface area contributed by atoms with E-state index < -0.39 is 17.8 Å². The number of anilines is 1. The van der Waals surface area contributed by atoms with Crippen molar-refractivity contribution in [2.75, 3.05) is 12.0 Å². The van der Waals surface area contributed by atoms with Crippen LogP contribution in [-0.2, 0) is 22.6 Å². The average Bonchev–Trinajstić information content (AvgIpc) is 2.87. The van der Waals surface area contributed by atoms with Crippen molar-refractivity contribution in [2.24, 2.45) is 0 Å². The number of barbiturate groups is 1. The molecule has 1 N–H and O–H groups in total. The first-order valence-corrected chi connectivity index (χ1v) is 11.9. The Bertz CT molecular complexity index is 1410. The minimum atomic E-state index is -0.834. The van der Waals surface area contributed by atoms with Crippen molar-refractivity contribution in [3.63, 3.8) is 0 Å². The zero-order valence-electron chi connectivity index (χ0n) is 20.4. The Labute approximate surface area is 219 Å². The van der Waals surface area contributed by atoms with Gasteiger partial charge in [-0.05, 0) is 66.9 Å². The number of urea groups is 1. The first-order chi connectivity index (χ1) is 17.8. The molecule has 0 bridgehead atoms. The molecule has 1 aliphatic rings. The lowest BCUT2D eigenvalue weighted by Gasteiger charge is -2.26. The van der Waals surface area contributed by atoms with Gasteiger partial charge in [-0.2, -0.15) is 0 Å². The summed E-state index contributed by atoms with van der Waals surface area (Å²) in [5, 5.41) is 2.67. The van der Waals surface area contributed by atoms with Crippen molar-refractivity contribution in [2.45, 2.75) is 20.0 Å². The molecule has 0 unspecified atom stereocenters. The largest absolute Gasteiger partial charge is 0.493 e. The molecule has 1 aliphatic heterocycles. The van der Waals surface area contributed by atoms with Gasteiger partial charge in [-0.1, -0.05) is 47.5 Å². The van der Waals surface area contributed by atoms with Crippen LogP contribution >= 0.6 is 11.6 Å². The molecular weight excluding hydrogens is 492 g/mol. The minimum absolute atomic E-state index is 0.199. The number of imide groups is 2. The van der Waals surface area contributed by atoms with Crippen LogP contribution in [0.2, 0.25) is 5.02 Å². The summed E-state index contributed by atoms with van der Waals surface area (Å²) in [5.41, 5.74) is 3.52. The Morgan fingerprint density at radius 2 is 1.81 bits per heavy atom. The third-order valence-corrected chi connectivity index (χ3v) is 5.95. The number of nitrogens with zero attached hydrogens (tertiary/aromatic N) is 1. The summed E-state index contributed by atoms with van der Waals surface area (Å²) >= 11 is 5.93. The van der Waals surface area contributed by atoms with E-state index in [0.717, 1.165) is 21.6 Å². The molecule has 1 saturated heterocycles. The van der Waals surface area contributed by atoms with Crippen molar-refractivity contribution in [1.29, 1.82) is 0 Å². The minimum Gasteiger partial charge on any atom is -0.493 e. The van der Waals surface area contributed by atoms with E-state index in [0.29, 0.717) is 35.1 Å². The topological polar surface area (TPSA) is 84.9 Å². The predicted octanol–water partition coefficient (Wildman–Crippen LogP) is 5.63. The van der Waals surface area contributed by atoms with Crippen LogP contribution < -0.4 is 19.7 Å². The first-order valence-electron chi connectivity index (χ1n) is 11.5. The van der Waals surface area contributed by atoms with Gasteiger partial charge in [0.25, 0.3) is 11.8 Å². The molecule has 0 aliphatic carbocycles. The summed E-state index contributed by atoms with van der Waals surface area (Å²) in [6.07, 6.45) is 3.61. The summed E-state index contributed by atoms with van der Waals surface area (Å²) in [7, 11) is 1.52. The van der Waals surface area contributed by atoms with Crippen molar-refractivity contribution in [1.82, 2.24) is 5.32 Å². The molecule has 0 saturated carbocycles. The molecule has 3 aromatic carbocycles. The van der Waals surface area contributed by atoms with E-state index in [1.165, 1.54) is 25.3 Å². The summed E-state index contributed by atoms with van der Waals surface area (Å²) in [6.45, 7) is 6.18. The van der Waals surface area contributed by atoms with E-state index in [1.54, 1.807) is 30.3 Å². The molecule has 0 radical (unpaired) electrons. The quantitative estimate of drug-likeness (QED) is 0.238. The summed E-state index contributed by atoms with van der Waals surface area (Å²) < 4.78 is 11.7. The van der Waals surface area contributed by atoms with Crippen molar-refractivity contribution in [3.05, 3.63) is 106 Å². The van der Waals surface area contributed by atoms with Crippen molar-refractivity contribution < 1.29 is 23.9 Å². The maximum Gasteiger partial charge on any atom is 0.335 e. The van der Waals surface area contributed by atoms with Gasteiger partial charge in [0.15, 0.2) is 11.5 Å². The van der Waals surface area contributed by atoms with Gasteiger partial charge in [0.2, 0.25) is 0 Å². The van der Waals surface area contributed by atoms with Crippen molar-refractivity contribution >= 4 is 41.2 Å². The number of carbonyl (C=O) groups is 3. The SMILES string of the molecule is C=CCc1cc(/C=C2\C(=O)NC(=O)N(c3ccc(Cl)cc3)C2=O)cc(OC)c1OCc1cccc(C)c1. The number of methoxy groups -OCH3 is 1. The molecule has 37 heavy (non-hydrogen) atoms. The second kappa shape index (κ2) is 11.1. The van der Waals surface area contributed by atoms with Gasteiger partial charge in [-0.25, -0.2) is 9.69 Å². The fourth-order valence-electron chi connectivity index (χ4n) is 4.00. The third kappa shape index (κ3) is 5.73. The van der Waals surface area contributed by atoms with E-state index in [2.05, 4.69) is 11.9 Å². The number of ether oxygens (including phenoxy) is 2. The van der Waals surface area contributed by atoms with Gasteiger partial charge in [0.05, 0.1) is 12.8 Å². The smallest absolute Gasteiger partial charge is 0.335 e. The lowest BCUT2D eigenvalue weighted by atomic mass is 10.0. The number of nitrogens with one attached hydrogen (secondary N) is 1. The molecule has 3 aromatic rings. The summed E-state index contributed by atoms with van der Waals surface area (Å²) in [6, 6.07) is 16.8. The van der Waals surface area contributed by atoms with Crippen LogP contribution in [0.4, 0.5) is 10.5 Å². The number of hydrogen-bond donors (Lipinski definition) is 1. The Morgan fingerprint density at radius 1 is 1.05 bits per heavy atom. The van der Waals surface area contributed by atoms with Crippen LogP contribution in [0.3, 0.4) is 0 Å². The molecule has 0 aromatic heterocycles. The Hall–Kier alpha value is -4.36. The zero-order chi connectivity index (χ0) is 26.5. The number of hydrogen-bond acceptors (Lipinski definition) is 5. The molecule has 4 amide bonds. The number of aryl methyl sites for hydroxylation is 1. The van der Waals surface area contributed by atoms with Crippen LogP contribution in [0.15, 0.2) is 78.9 Å². The van der Waals surface area contributed by atoms with E-state index in [9.17, 15) is 14.4 Å². The summed E-state index contributed by atoms with van der Waals surface area (Å²) in [5.74, 6) is -0.555. The molecule has 0 atom stereocenters. The predicted molar refractivity (Wildman–Crippen MR) is 143 cm³/mol. The van der Waals surface area contributed by atoms with Crippen LogP contribution in [0.1, 0.15) is 22.3 Å². The Morgan fingerprint density at radius 3 is 2.49 bits per heavy atom. The molecule has 7 nitrogen and oxygen atoms in total. The fourth-order valence-corrected chi connectivity index (χ4v) is 4.12. The zero-order valence-corrected chi connectivity index (χ0v) is 21.2. The average molecular weight is 517 g/mol. The number of benzene rings is 3. The highest BCUT2D eigenvalue weighted by atomic mass is 35.5. The summed E-state index contributed by atoms with van der Waals surface area (Å²) in [4.78, 5) is 39.2. The van der Waals surface area contributed by atoms with E-state index in [1.807, 2.05) is 31.2 Å². The Kier molecular flexibility index (Phi) is 7.74. The molecule has 1 heterocycles. The number of rotatable bonds is 8. The third-order valence-electron chi connectivity index (χ3n) is 5.70. The van der Waals surface area contributed by atoms with E-state index in [4.69, 9.17) is 21.1 Å². The molecule has 0 spiro atoms. The number of amides is 4. The van der Waals surface area contributed by atoms with Crippen LogP contribution in [-0.4, -0.2) is 25.0 Å². The van der Waals surface area contributed by atoms with Crippen molar-refractivity contribution in [3.8, 4) is 11.5 Å². The van der Waals surface area contributed by atoms with E-state index in [-0.39, 0.29) is 11.3 Å². The van der Waals surface area contributed by atoms with Gasteiger partial charge < -0.3 is 9.47 Å². The number of allylic oxidation sites excluding steroid dienone is 1. The Balaban J connectivity index is 1.69. The lowest BCUT2D eigenvalue weighted by molar-refractivity contribution is -0.122. The maximum absolute atomic E-state index is 13.2. The molecule has 188 valence electrons. The first kappa shape index (κ1) is 25.7. The normalized spacial score (nSPS) is 14.5. The van der Waals surface area contributed by atoms with Gasteiger partial charge in [-0.3, -0.25) is 14.9 Å². The number of halogens is 1. The number of carbonyl (C=O) groups excluding carboxylic acids is 3. The van der Waals surface area contributed by atoms with Crippen LogP contribution in [0, 0.1) is 6.92 Å². The lowest BCUT2D eigenvalue weighted by Crippen LogP contribution is -2.54. The molecule has 4 rings (SSSR count). The molecule has 8 heteroatoms. The van der Waals surface area contributed by atoms with E-state index >= 15 is 0 Å². The van der Waals surface area contributed by atoms with Crippen LogP contribution in [0.5, 0.6) is 11.5 Å². The van der Waals surface area contributed by atoms with Gasteiger partial charge in [0, 0.05) is 10.6 Å².